The van der Waals surface area contributed by atoms with E-state index in [1.54, 1.807) is 4.68 Å². The Morgan fingerprint density at radius 3 is 2.46 bits per heavy atom. The lowest BCUT2D eigenvalue weighted by Crippen LogP contribution is -2.38. The molecule has 28 heavy (non-hydrogen) atoms. The maximum atomic E-state index is 13.4. The molecule has 3 heterocycles. The molecular weight excluding hydrogens is 350 g/mol. The fourth-order valence-corrected chi connectivity index (χ4v) is 3.83. The van der Waals surface area contributed by atoms with Crippen LogP contribution in [-0.2, 0) is 0 Å². The van der Waals surface area contributed by atoms with Gasteiger partial charge in [0, 0.05) is 19.2 Å². The second kappa shape index (κ2) is 7.30. The number of aromatic nitrogens is 2. The lowest BCUT2D eigenvalue weighted by atomic mass is 9.99. The molecule has 5 nitrogen and oxygen atoms in total. The van der Waals surface area contributed by atoms with E-state index in [4.69, 9.17) is 9.52 Å². The Balaban J connectivity index is 1.79. The number of hydrogen-bond acceptors (Lipinski definition) is 3. The van der Waals surface area contributed by atoms with Crippen molar-refractivity contribution < 1.29 is 9.21 Å². The third kappa shape index (κ3) is 3.49. The highest BCUT2D eigenvalue weighted by molar-refractivity contribution is 5.94. The van der Waals surface area contributed by atoms with Crippen LogP contribution >= 0.6 is 0 Å². The summed E-state index contributed by atoms with van der Waals surface area (Å²) < 4.78 is 7.54. The van der Waals surface area contributed by atoms with Crippen LogP contribution in [0.3, 0.4) is 0 Å². The van der Waals surface area contributed by atoms with E-state index in [0.29, 0.717) is 23.1 Å². The van der Waals surface area contributed by atoms with Gasteiger partial charge in [-0.15, -0.1) is 0 Å². The molecule has 1 fully saturated rings. The van der Waals surface area contributed by atoms with Gasteiger partial charge in [0.1, 0.15) is 17.1 Å². The maximum Gasteiger partial charge on any atom is 0.272 e. The van der Waals surface area contributed by atoms with E-state index in [-0.39, 0.29) is 5.91 Å². The van der Waals surface area contributed by atoms with Gasteiger partial charge in [0.15, 0.2) is 5.76 Å². The molecule has 0 aliphatic carbocycles. The summed E-state index contributed by atoms with van der Waals surface area (Å²) in [6.45, 7) is 9.88. The number of carbonyl (C=O) groups excluding carboxylic acids is 1. The Morgan fingerprint density at radius 2 is 1.82 bits per heavy atom. The molecule has 0 bridgehead atoms. The summed E-state index contributed by atoms with van der Waals surface area (Å²) in [5, 5.41) is 4.76. The van der Waals surface area contributed by atoms with E-state index in [1.165, 1.54) is 5.56 Å². The zero-order valence-electron chi connectivity index (χ0n) is 17.0. The molecular formula is C23H27N3O2. The van der Waals surface area contributed by atoms with Crippen molar-refractivity contribution in [3.63, 3.8) is 0 Å². The van der Waals surface area contributed by atoms with Gasteiger partial charge in [-0.1, -0.05) is 24.6 Å². The SMILES string of the molecule is Cc1ccc(-n2nc(-c3ccc(C)o3)cc2C(=O)N2CCC(C)CC2)c(C)c1. The molecule has 1 saturated heterocycles. The highest BCUT2D eigenvalue weighted by Crippen LogP contribution is 2.27. The molecule has 0 spiro atoms. The predicted octanol–water partition coefficient (Wildman–Crippen LogP) is 4.93. The molecule has 2 aromatic heterocycles. The van der Waals surface area contributed by atoms with Crippen molar-refractivity contribution in [2.45, 2.75) is 40.5 Å². The Kier molecular flexibility index (Phi) is 4.84. The van der Waals surface area contributed by atoms with Gasteiger partial charge in [0.2, 0.25) is 0 Å². The zero-order chi connectivity index (χ0) is 19.8. The molecule has 5 heteroatoms. The van der Waals surface area contributed by atoms with Crippen LogP contribution in [0.2, 0.25) is 0 Å². The van der Waals surface area contributed by atoms with Crippen LogP contribution in [0.5, 0.6) is 0 Å². The fourth-order valence-electron chi connectivity index (χ4n) is 3.83. The highest BCUT2D eigenvalue weighted by atomic mass is 16.3. The Hall–Kier alpha value is -2.82. The normalized spacial score (nSPS) is 15.2. The van der Waals surface area contributed by atoms with Crippen molar-refractivity contribution >= 4 is 5.91 Å². The number of hydrogen-bond donors (Lipinski definition) is 0. The first-order valence-corrected chi connectivity index (χ1v) is 9.96. The Labute approximate surface area is 166 Å². The first kappa shape index (κ1) is 18.5. The van der Waals surface area contributed by atoms with E-state index >= 15 is 0 Å². The molecule has 0 radical (unpaired) electrons. The fraction of sp³-hybridized carbons (Fsp3) is 0.391. The van der Waals surface area contributed by atoms with Crippen molar-refractivity contribution in [2.75, 3.05) is 13.1 Å². The lowest BCUT2D eigenvalue weighted by molar-refractivity contribution is 0.0688. The quantitative estimate of drug-likeness (QED) is 0.650. The van der Waals surface area contributed by atoms with Gasteiger partial charge < -0.3 is 9.32 Å². The highest BCUT2D eigenvalue weighted by Gasteiger charge is 2.26. The van der Waals surface area contributed by atoms with Gasteiger partial charge in [-0.3, -0.25) is 4.79 Å². The van der Waals surface area contributed by atoms with Gasteiger partial charge in [-0.2, -0.15) is 5.10 Å². The third-order valence-corrected chi connectivity index (χ3v) is 5.57. The summed E-state index contributed by atoms with van der Waals surface area (Å²) in [7, 11) is 0. The minimum absolute atomic E-state index is 0.0360. The Morgan fingerprint density at radius 1 is 1.07 bits per heavy atom. The summed E-state index contributed by atoms with van der Waals surface area (Å²) in [5.74, 6) is 2.22. The van der Waals surface area contributed by atoms with Crippen LogP contribution in [0.25, 0.3) is 17.1 Å². The summed E-state index contributed by atoms with van der Waals surface area (Å²) >= 11 is 0. The molecule has 1 aliphatic rings. The molecule has 0 atom stereocenters. The number of piperidine rings is 1. The second-order valence-corrected chi connectivity index (χ2v) is 8.00. The number of nitrogens with zero attached hydrogens (tertiary/aromatic N) is 3. The number of rotatable bonds is 3. The van der Waals surface area contributed by atoms with Crippen LogP contribution in [0.1, 0.15) is 47.1 Å². The van der Waals surface area contributed by atoms with Crippen molar-refractivity contribution in [3.8, 4) is 17.1 Å². The molecule has 146 valence electrons. The van der Waals surface area contributed by atoms with Crippen LogP contribution in [0.4, 0.5) is 0 Å². The van der Waals surface area contributed by atoms with Crippen LogP contribution in [0, 0.1) is 26.7 Å². The minimum atomic E-state index is 0.0360. The molecule has 3 aromatic rings. The van der Waals surface area contributed by atoms with E-state index < -0.39 is 0 Å². The van der Waals surface area contributed by atoms with Crippen molar-refractivity contribution in [1.82, 2.24) is 14.7 Å². The molecule has 1 aromatic carbocycles. The molecule has 0 unspecified atom stereocenters. The number of amides is 1. The van der Waals surface area contributed by atoms with Gasteiger partial charge in [0.25, 0.3) is 5.91 Å². The minimum Gasteiger partial charge on any atom is -0.460 e. The lowest BCUT2D eigenvalue weighted by Gasteiger charge is -2.30. The summed E-state index contributed by atoms with van der Waals surface area (Å²) in [4.78, 5) is 15.3. The topological polar surface area (TPSA) is 51.3 Å². The maximum absolute atomic E-state index is 13.4. The Bertz CT molecular complexity index is 1010. The number of benzene rings is 1. The molecule has 0 saturated carbocycles. The summed E-state index contributed by atoms with van der Waals surface area (Å²) in [6.07, 6.45) is 2.10. The van der Waals surface area contributed by atoms with Gasteiger partial charge >= 0.3 is 0 Å². The van der Waals surface area contributed by atoms with E-state index in [1.807, 2.05) is 36.1 Å². The first-order valence-electron chi connectivity index (χ1n) is 9.96. The largest absolute Gasteiger partial charge is 0.460 e. The standard InChI is InChI=1S/C23H27N3O2/c1-15-9-11-25(12-10-15)23(27)21-14-19(22-8-6-18(4)28-22)24-26(21)20-7-5-16(2)13-17(20)3/h5-8,13-15H,9-12H2,1-4H3. The summed E-state index contributed by atoms with van der Waals surface area (Å²) in [5.41, 5.74) is 4.47. The van der Waals surface area contributed by atoms with Gasteiger partial charge in [0.05, 0.1) is 5.69 Å². The van der Waals surface area contributed by atoms with Gasteiger partial charge in [-0.05, 0) is 63.3 Å². The number of furan rings is 1. The summed E-state index contributed by atoms with van der Waals surface area (Å²) in [6, 6.07) is 11.9. The van der Waals surface area contributed by atoms with Gasteiger partial charge in [-0.25, -0.2) is 4.68 Å². The van der Waals surface area contributed by atoms with E-state index in [2.05, 4.69) is 32.9 Å². The van der Waals surface area contributed by atoms with Crippen LogP contribution in [0.15, 0.2) is 40.8 Å². The van der Waals surface area contributed by atoms with Crippen LogP contribution < -0.4 is 0 Å². The number of carbonyl (C=O) groups is 1. The average Bonchev–Trinajstić information content (AvgIpc) is 3.28. The molecule has 0 N–H and O–H groups in total. The smallest absolute Gasteiger partial charge is 0.272 e. The zero-order valence-corrected chi connectivity index (χ0v) is 17.0. The molecule has 1 amide bonds. The number of likely N-dealkylation sites (tertiary alicyclic amines) is 1. The van der Waals surface area contributed by atoms with Crippen molar-refractivity contribution in [1.29, 1.82) is 0 Å². The van der Waals surface area contributed by atoms with Crippen molar-refractivity contribution in [2.24, 2.45) is 5.92 Å². The average molecular weight is 377 g/mol. The number of aryl methyl sites for hydroxylation is 3. The molecule has 1 aliphatic heterocycles. The van der Waals surface area contributed by atoms with E-state index in [0.717, 1.165) is 42.9 Å². The monoisotopic (exact) mass is 377 g/mol. The van der Waals surface area contributed by atoms with Crippen molar-refractivity contribution in [3.05, 3.63) is 59.0 Å². The van der Waals surface area contributed by atoms with E-state index in [9.17, 15) is 4.79 Å². The first-order chi connectivity index (χ1) is 13.4. The second-order valence-electron chi connectivity index (χ2n) is 8.00. The predicted molar refractivity (Wildman–Crippen MR) is 110 cm³/mol. The molecule has 4 rings (SSSR count). The van der Waals surface area contributed by atoms with Crippen LogP contribution in [-0.4, -0.2) is 33.7 Å². The third-order valence-electron chi connectivity index (χ3n) is 5.57.